The van der Waals surface area contributed by atoms with Crippen molar-refractivity contribution in [1.29, 1.82) is 0 Å². The van der Waals surface area contributed by atoms with Crippen molar-refractivity contribution in [1.82, 2.24) is 9.80 Å². The summed E-state index contributed by atoms with van der Waals surface area (Å²) in [6.45, 7) is 2.30. The normalized spacial score (nSPS) is 19.8. The predicted molar refractivity (Wildman–Crippen MR) is 119 cm³/mol. The Bertz CT molecular complexity index is 842. The van der Waals surface area contributed by atoms with Crippen LogP contribution in [0.4, 0.5) is 0 Å². The van der Waals surface area contributed by atoms with Crippen LogP contribution in [0.2, 0.25) is 0 Å². The standard InChI is InChI=1S/C24H30N2O3S/c1-29-20-10-8-18(9-11-20)6-7-19-12-15-25(16-13-19)23(27)21-4-2-14-26(21)24(28)22-5-3-17-30-22/h3,5,8-11,17,19,21H,2,4,6-7,12-16H2,1H3/t21-/m0/s1. The minimum absolute atomic E-state index is 0.00947. The summed E-state index contributed by atoms with van der Waals surface area (Å²) in [4.78, 5) is 30.4. The number of ether oxygens (including phenoxy) is 1. The van der Waals surface area contributed by atoms with Gasteiger partial charge in [0.1, 0.15) is 11.8 Å². The Balaban J connectivity index is 1.27. The van der Waals surface area contributed by atoms with Gasteiger partial charge >= 0.3 is 0 Å². The molecule has 0 saturated carbocycles. The van der Waals surface area contributed by atoms with Crippen LogP contribution >= 0.6 is 11.3 Å². The van der Waals surface area contributed by atoms with Crippen LogP contribution in [-0.4, -0.2) is 54.4 Å². The highest BCUT2D eigenvalue weighted by Crippen LogP contribution is 2.27. The first-order chi connectivity index (χ1) is 14.7. The summed E-state index contributed by atoms with van der Waals surface area (Å²) in [7, 11) is 1.69. The minimum Gasteiger partial charge on any atom is -0.497 e. The van der Waals surface area contributed by atoms with Gasteiger partial charge in [-0.15, -0.1) is 11.3 Å². The molecule has 2 aliphatic rings. The maximum Gasteiger partial charge on any atom is 0.264 e. The van der Waals surface area contributed by atoms with Crippen molar-refractivity contribution in [2.45, 2.75) is 44.6 Å². The number of thiophene rings is 1. The molecular weight excluding hydrogens is 396 g/mol. The molecule has 2 amide bonds. The molecule has 2 saturated heterocycles. The molecule has 0 aliphatic carbocycles. The molecule has 0 spiro atoms. The van der Waals surface area contributed by atoms with Crippen molar-refractivity contribution in [2.75, 3.05) is 26.7 Å². The Kier molecular flexibility index (Phi) is 6.72. The fourth-order valence-corrected chi connectivity index (χ4v) is 5.30. The molecule has 0 N–H and O–H groups in total. The summed E-state index contributed by atoms with van der Waals surface area (Å²) in [5.74, 6) is 1.70. The molecule has 6 heteroatoms. The Morgan fingerprint density at radius 3 is 2.50 bits per heavy atom. The van der Waals surface area contributed by atoms with Crippen LogP contribution in [0.5, 0.6) is 5.75 Å². The van der Waals surface area contributed by atoms with E-state index in [-0.39, 0.29) is 17.9 Å². The van der Waals surface area contributed by atoms with Gasteiger partial charge in [-0.1, -0.05) is 18.2 Å². The van der Waals surface area contributed by atoms with Crippen LogP contribution in [0.1, 0.15) is 47.3 Å². The van der Waals surface area contributed by atoms with Crippen LogP contribution in [0.25, 0.3) is 0 Å². The van der Waals surface area contributed by atoms with Crippen LogP contribution in [0.3, 0.4) is 0 Å². The molecule has 4 rings (SSSR count). The summed E-state index contributed by atoms with van der Waals surface area (Å²) in [5.41, 5.74) is 1.34. The molecule has 5 nitrogen and oxygen atoms in total. The highest BCUT2D eigenvalue weighted by Gasteiger charge is 2.38. The third-order valence-corrected chi connectivity index (χ3v) is 7.32. The molecule has 1 atom stereocenters. The molecule has 0 radical (unpaired) electrons. The maximum atomic E-state index is 13.2. The minimum atomic E-state index is -0.282. The van der Waals surface area contributed by atoms with E-state index in [9.17, 15) is 9.59 Å². The van der Waals surface area contributed by atoms with Crippen molar-refractivity contribution in [3.05, 3.63) is 52.2 Å². The van der Waals surface area contributed by atoms with Crippen molar-refractivity contribution in [3.8, 4) is 5.75 Å². The van der Waals surface area contributed by atoms with E-state index in [4.69, 9.17) is 4.74 Å². The van der Waals surface area contributed by atoms with Gasteiger partial charge in [0.15, 0.2) is 0 Å². The number of hydrogen-bond donors (Lipinski definition) is 0. The molecule has 2 aliphatic heterocycles. The number of likely N-dealkylation sites (tertiary alicyclic amines) is 2. The topological polar surface area (TPSA) is 49.9 Å². The predicted octanol–water partition coefficient (Wildman–Crippen LogP) is 4.23. The molecule has 1 aromatic carbocycles. The highest BCUT2D eigenvalue weighted by molar-refractivity contribution is 7.12. The number of hydrogen-bond acceptors (Lipinski definition) is 4. The molecule has 1 aromatic heterocycles. The van der Waals surface area contributed by atoms with Gasteiger partial charge in [-0.05, 0) is 73.6 Å². The van der Waals surface area contributed by atoms with E-state index in [0.29, 0.717) is 12.5 Å². The molecular formula is C24H30N2O3S. The van der Waals surface area contributed by atoms with Gasteiger partial charge in [0.2, 0.25) is 5.91 Å². The smallest absolute Gasteiger partial charge is 0.264 e. The lowest BCUT2D eigenvalue weighted by Gasteiger charge is -2.35. The van der Waals surface area contributed by atoms with Gasteiger partial charge < -0.3 is 14.5 Å². The lowest BCUT2D eigenvalue weighted by atomic mass is 9.90. The largest absolute Gasteiger partial charge is 0.497 e. The number of methoxy groups -OCH3 is 1. The summed E-state index contributed by atoms with van der Waals surface area (Å²) >= 11 is 1.45. The van der Waals surface area contributed by atoms with Crippen molar-refractivity contribution in [2.24, 2.45) is 5.92 Å². The Labute approximate surface area is 182 Å². The Hall–Kier alpha value is -2.34. The summed E-state index contributed by atoms with van der Waals surface area (Å²) in [5, 5.41) is 1.91. The third kappa shape index (κ3) is 4.69. The summed E-state index contributed by atoms with van der Waals surface area (Å²) < 4.78 is 5.22. The number of carbonyl (C=O) groups is 2. The van der Waals surface area contributed by atoms with Gasteiger partial charge in [0, 0.05) is 19.6 Å². The number of carbonyl (C=O) groups excluding carboxylic acids is 2. The van der Waals surface area contributed by atoms with Gasteiger partial charge in [0.25, 0.3) is 5.91 Å². The second kappa shape index (κ2) is 9.65. The number of benzene rings is 1. The highest BCUT2D eigenvalue weighted by atomic mass is 32.1. The van der Waals surface area contributed by atoms with E-state index in [1.54, 1.807) is 12.0 Å². The zero-order valence-electron chi connectivity index (χ0n) is 17.6. The average Bonchev–Trinajstić information content (AvgIpc) is 3.50. The van der Waals surface area contributed by atoms with Gasteiger partial charge in [-0.25, -0.2) is 0 Å². The van der Waals surface area contributed by atoms with E-state index < -0.39 is 0 Å². The van der Waals surface area contributed by atoms with Crippen LogP contribution in [0, 0.1) is 5.92 Å². The van der Waals surface area contributed by atoms with E-state index in [1.807, 2.05) is 34.5 Å². The first kappa shape index (κ1) is 20.9. The molecule has 30 heavy (non-hydrogen) atoms. The molecule has 0 bridgehead atoms. The van der Waals surface area contributed by atoms with Crippen LogP contribution in [-0.2, 0) is 11.2 Å². The van der Waals surface area contributed by atoms with E-state index >= 15 is 0 Å². The number of rotatable bonds is 6. The lowest BCUT2D eigenvalue weighted by Crippen LogP contribution is -2.49. The Morgan fingerprint density at radius 1 is 1.07 bits per heavy atom. The third-order valence-electron chi connectivity index (χ3n) is 6.46. The maximum absolute atomic E-state index is 13.2. The molecule has 160 valence electrons. The van der Waals surface area contributed by atoms with Crippen molar-refractivity contribution >= 4 is 23.2 Å². The zero-order chi connectivity index (χ0) is 20.9. The van der Waals surface area contributed by atoms with Crippen molar-refractivity contribution in [3.63, 3.8) is 0 Å². The van der Waals surface area contributed by atoms with Gasteiger partial charge in [-0.2, -0.15) is 0 Å². The quantitative estimate of drug-likeness (QED) is 0.694. The second-order valence-electron chi connectivity index (χ2n) is 8.29. The molecule has 2 fully saturated rings. The molecule has 3 heterocycles. The first-order valence-corrected chi connectivity index (χ1v) is 11.8. The van der Waals surface area contributed by atoms with E-state index in [1.165, 1.54) is 16.9 Å². The second-order valence-corrected chi connectivity index (χ2v) is 9.24. The monoisotopic (exact) mass is 426 g/mol. The SMILES string of the molecule is COc1ccc(CCC2CCN(C(=O)[C@@H]3CCCN3C(=O)c3cccs3)CC2)cc1. The molecule has 0 unspecified atom stereocenters. The van der Waals surface area contributed by atoms with Crippen LogP contribution < -0.4 is 4.74 Å². The zero-order valence-corrected chi connectivity index (χ0v) is 18.4. The lowest BCUT2D eigenvalue weighted by molar-refractivity contribution is -0.136. The molecule has 2 aromatic rings. The van der Waals surface area contributed by atoms with Crippen LogP contribution in [0.15, 0.2) is 41.8 Å². The van der Waals surface area contributed by atoms with Gasteiger partial charge in [-0.3, -0.25) is 9.59 Å². The fraction of sp³-hybridized carbons (Fsp3) is 0.500. The first-order valence-electron chi connectivity index (χ1n) is 10.9. The number of amides is 2. The number of nitrogens with zero attached hydrogens (tertiary/aromatic N) is 2. The van der Waals surface area contributed by atoms with Gasteiger partial charge in [0.05, 0.1) is 12.0 Å². The summed E-state index contributed by atoms with van der Waals surface area (Å²) in [6, 6.07) is 11.8. The summed E-state index contributed by atoms with van der Waals surface area (Å²) in [6.07, 6.45) is 6.01. The van der Waals surface area contributed by atoms with E-state index in [0.717, 1.165) is 62.2 Å². The fourth-order valence-electron chi connectivity index (χ4n) is 4.62. The van der Waals surface area contributed by atoms with Crippen molar-refractivity contribution < 1.29 is 14.3 Å². The average molecular weight is 427 g/mol. The number of piperidine rings is 1. The number of aryl methyl sites for hydroxylation is 1. The Morgan fingerprint density at radius 2 is 1.83 bits per heavy atom. The van der Waals surface area contributed by atoms with E-state index in [2.05, 4.69) is 12.1 Å².